The van der Waals surface area contributed by atoms with Crippen molar-refractivity contribution in [2.45, 2.75) is 9.24 Å². The zero-order chi connectivity index (χ0) is 19.6. The van der Waals surface area contributed by atoms with E-state index in [0.29, 0.717) is 17.3 Å². The Balaban J connectivity index is 1.44. The molecular formula is C20H19N3O2S3. The summed E-state index contributed by atoms with van der Waals surface area (Å²) >= 11 is 4.62. The molecule has 1 heterocycles. The lowest BCUT2D eigenvalue weighted by molar-refractivity contribution is 0.102. The Morgan fingerprint density at radius 1 is 1.11 bits per heavy atom. The smallest absolute Gasteiger partial charge is 0.257 e. The maximum atomic E-state index is 12.3. The lowest BCUT2D eigenvalue weighted by Gasteiger charge is -2.07. The van der Waals surface area contributed by atoms with E-state index in [9.17, 15) is 4.79 Å². The minimum atomic E-state index is -0.220. The number of hydrogen-bond donors (Lipinski definition) is 1. The van der Waals surface area contributed by atoms with E-state index >= 15 is 0 Å². The molecule has 0 aliphatic carbocycles. The molecule has 1 aromatic heterocycles. The lowest BCUT2D eigenvalue weighted by Crippen LogP contribution is -2.11. The van der Waals surface area contributed by atoms with Crippen LogP contribution in [-0.2, 0) is 0 Å². The number of carbonyl (C=O) groups excluding carboxylic acids is 1. The molecule has 0 fully saturated rings. The molecule has 0 saturated heterocycles. The quantitative estimate of drug-likeness (QED) is 0.206. The molecular weight excluding hydrogens is 410 g/mol. The van der Waals surface area contributed by atoms with E-state index in [1.54, 1.807) is 42.1 Å². The monoisotopic (exact) mass is 429 g/mol. The Kier molecular flexibility index (Phi) is 7.95. The summed E-state index contributed by atoms with van der Waals surface area (Å²) in [5, 5.41) is 11.3. The molecule has 0 saturated carbocycles. The lowest BCUT2D eigenvalue weighted by atomic mass is 10.2. The summed E-state index contributed by atoms with van der Waals surface area (Å²) in [5.41, 5.74) is 0.543. The largest absolute Gasteiger partial charge is 0.493 e. The normalized spacial score (nSPS) is 10.4. The van der Waals surface area contributed by atoms with E-state index in [1.807, 2.05) is 18.2 Å². The van der Waals surface area contributed by atoms with Crippen LogP contribution in [0.2, 0.25) is 0 Å². The standard InChI is InChI=1S/C20H19N3O2S3/c1-2-13-27-20-23-22-19(28-20)21-18(24)15-8-10-16(11-9-15)25-12-14-26-17-6-4-3-5-7-17/h2-11H,1,12-14H2,(H,21,22,24). The second kappa shape index (κ2) is 10.9. The van der Waals surface area contributed by atoms with Gasteiger partial charge in [-0.1, -0.05) is 47.4 Å². The number of thioether (sulfide) groups is 2. The Bertz CT molecular complexity index is 899. The van der Waals surface area contributed by atoms with Gasteiger partial charge < -0.3 is 4.74 Å². The number of nitrogens with zero attached hydrogens (tertiary/aromatic N) is 2. The highest BCUT2D eigenvalue weighted by Crippen LogP contribution is 2.26. The maximum Gasteiger partial charge on any atom is 0.257 e. The average Bonchev–Trinajstić information content (AvgIpc) is 3.18. The first-order valence-electron chi connectivity index (χ1n) is 8.54. The highest BCUT2D eigenvalue weighted by atomic mass is 32.2. The van der Waals surface area contributed by atoms with Crippen molar-refractivity contribution in [1.82, 2.24) is 10.2 Å². The second-order valence-corrected chi connectivity index (χ2v) is 8.87. The third-order valence-electron chi connectivity index (χ3n) is 3.43. The Labute approximate surface area is 176 Å². The minimum absolute atomic E-state index is 0.220. The molecule has 3 rings (SSSR count). The van der Waals surface area contributed by atoms with Gasteiger partial charge in [0.25, 0.3) is 5.91 Å². The van der Waals surface area contributed by atoms with Crippen LogP contribution >= 0.6 is 34.9 Å². The molecule has 0 radical (unpaired) electrons. The van der Waals surface area contributed by atoms with E-state index in [-0.39, 0.29) is 5.91 Å². The molecule has 0 aliphatic rings. The molecule has 28 heavy (non-hydrogen) atoms. The van der Waals surface area contributed by atoms with Gasteiger partial charge in [-0.25, -0.2) is 0 Å². The van der Waals surface area contributed by atoms with Gasteiger partial charge in [-0.15, -0.1) is 28.5 Å². The van der Waals surface area contributed by atoms with Crippen molar-refractivity contribution >= 4 is 45.9 Å². The van der Waals surface area contributed by atoms with E-state index in [2.05, 4.69) is 34.2 Å². The summed E-state index contributed by atoms with van der Waals surface area (Å²) in [6.45, 7) is 4.27. The van der Waals surface area contributed by atoms with Crippen LogP contribution in [0.5, 0.6) is 5.75 Å². The molecule has 0 bridgehead atoms. The predicted octanol–water partition coefficient (Wildman–Crippen LogP) is 5.24. The van der Waals surface area contributed by atoms with Crippen LogP contribution in [0.15, 0.2) is 76.5 Å². The summed E-state index contributed by atoms with van der Waals surface area (Å²) in [6.07, 6.45) is 1.80. The van der Waals surface area contributed by atoms with Gasteiger partial charge in [-0.3, -0.25) is 10.1 Å². The first-order chi connectivity index (χ1) is 13.7. The molecule has 0 aliphatic heterocycles. The zero-order valence-electron chi connectivity index (χ0n) is 15.0. The SMILES string of the molecule is C=CCSc1nnc(NC(=O)c2ccc(OCCSc3ccccc3)cc2)s1. The number of aromatic nitrogens is 2. The van der Waals surface area contributed by atoms with Gasteiger partial charge in [0.1, 0.15) is 5.75 Å². The van der Waals surface area contributed by atoms with Crippen LogP contribution in [0.25, 0.3) is 0 Å². The minimum Gasteiger partial charge on any atom is -0.493 e. The third-order valence-corrected chi connectivity index (χ3v) is 6.38. The average molecular weight is 430 g/mol. The molecule has 144 valence electrons. The number of hydrogen-bond acceptors (Lipinski definition) is 7. The summed E-state index contributed by atoms with van der Waals surface area (Å²) in [6, 6.07) is 17.3. The molecule has 1 N–H and O–H groups in total. The van der Waals surface area contributed by atoms with E-state index in [4.69, 9.17) is 4.74 Å². The summed E-state index contributed by atoms with van der Waals surface area (Å²) in [7, 11) is 0. The van der Waals surface area contributed by atoms with Crippen LogP contribution in [0, 0.1) is 0 Å². The fourth-order valence-electron chi connectivity index (χ4n) is 2.16. The fraction of sp³-hybridized carbons (Fsp3) is 0.150. The fourth-order valence-corrected chi connectivity index (χ4v) is 4.42. The van der Waals surface area contributed by atoms with Crippen LogP contribution in [0.3, 0.4) is 0 Å². The van der Waals surface area contributed by atoms with Crippen molar-refractivity contribution in [3.8, 4) is 5.75 Å². The number of amides is 1. The summed E-state index contributed by atoms with van der Waals surface area (Å²) < 4.78 is 6.54. The van der Waals surface area contributed by atoms with Crippen molar-refractivity contribution in [3.05, 3.63) is 72.8 Å². The number of carbonyl (C=O) groups is 1. The van der Waals surface area contributed by atoms with Gasteiger partial charge in [-0.05, 0) is 36.4 Å². The van der Waals surface area contributed by atoms with Crippen molar-refractivity contribution in [2.75, 3.05) is 23.4 Å². The van der Waals surface area contributed by atoms with Crippen LogP contribution < -0.4 is 10.1 Å². The van der Waals surface area contributed by atoms with Gasteiger partial charge in [0.15, 0.2) is 4.34 Å². The van der Waals surface area contributed by atoms with Crippen molar-refractivity contribution in [2.24, 2.45) is 0 Å². The van der Waals surface area contributed by atoms with Gasteiger partial charge in [0.2, 0.25) is 5.13 Å². The highest BCUT2D eigenvalue weighted by molar-refractivity contribution is 8.01. The molecule has 8 heteroatoms. The molecule has 1 amide bonds. The van der Waals surface area contributed by atoms with Gasteiger partial charge in [-0.2, -0.15) is 0 Å². The first-order valence-corrected chi connectivity index (χ1v) is 11.3. The predicted molar refractivity (Wildman–Crippen MR) is 118 cm³/mol. The molecule has 5 nitrogen and oxygen atoms in total. The topological polar surface area (TPSA) is 64.1 Å². The van der Waals surface area contributed by atoms with Crippen molar-refractivity contribution in [3.63, 3.8) is 0 Å². The van der Waals surface area contributed by atoms with Crippen LogP contribution in [0.4, 0.5) is 5.13 Å². The maximum absolute atomic E-state index is 12.3. The van der Waals surface area contributed by atoms with Gasteiger partial charge in [0.05, 0.1) is 6.61 Å². The second-order valence-electron chi connectivity index (χ2n) is 5.46. The number of nitrogens with one attached hydrogen (secondary N) is 1. The number of benzene rings is 2. The van der Waals surface area contributed by atoms with Gasteiger partial charge >= 0.3 is 0 Å². The van der Waals surface area contributed by atoms with Crippen LogP contribution in [0.1, 0.15) is 10.4 Å². The number of rotatable bonds is 10. The third kappa shape index (κ3) is 6.40. The first kappa shape index (κ1) is 20.4. The Hall–Kier alpha value is -2.29. The van der Waals surface area contributed by atoms with E-state index in [0.717, 1.165) is 21.6 Å². The molecule has 2 aromatic carbocycles. The van der Waals surface area contributed by atoms with Crippen molar-refractivity contribution in [1.29, 1.82) is 0 Å². The van der Waals surface area contributed by atoms with Gasteiger partial charge in [0, 0.05) is 22.0 Å². The van der Waals surface area contributed by atoms with E-state index in [1.165, 1.54) is 28.0 Å². The van der Waals surface area contributed by atoms with Crippen LogP contribution in [-0.4, -0.2) is 34.2 Å². The Morgan fingerprint density at radius 3 is 2.64 bits per heavy atom. The van der Waals surface area contributed by atoms with Crippen molar-refractivity contribution < 1.29 is 9.53 Å². The highest BCUT2D eigenvalue weighted by Gasteiger charge is 2.10. The summed E-state index contributed by atoms with van der Waals surface area (Å²) in [4.78, 5) is 13.5. The Morgan fingerprint density at radius 2 is 1.89 bits per heavy atom. The molecule has 0 spiro atoms. The number of ether oxygens (including phenoxy) is 1. The molecule has 3 aromatic rings. The molecule has 0 unspecified atom stereocenters. The molecule has 0 atom stereocenters. The number of anilines is 1. The zero-order valence-corrected chi connectivity index (χ0v) is 17.5. The van der Waals surface area contributed by atoms with E-state index < -0.39 is 0 Å². The summed E-state index contributed by atoms with van der Waals surface area (Å²) in [5.74, 6) is 2.13.